The minimum Gasteiger partial charge on any atom is -0.350 e. The molecule has 1 aliphatic rings. The molecule has 0 saturated heterocycles. The van der Waals surface area contributed by atoms with Gasteiger partial charge in [0.05, 0.1) is 0 Å². The fourth-order valence-corrected chi connectivity index (χ4v) is 0.882. The van der Waals surface area contributed by atoms with Crippen LogP contribution in [-0.2, 0) is 4.79 Å². The number of halogens is 2. The second kappa shape index (κ2) is 2.84. The van der Waals surface area contributed by atoms with Crippen molar-refractivity contribution in [1.82, 2.24) is 5.32 Å². The number of amides is 1. The topological polar surface area (TPSA) is 29.1 Å². The first-order valence-electron chi connectivity index (χ1n) is 3.78. The third kappa shape index (κ3) is 1.81. The number of rotatable bonds is 3. The molecule has 1 aliphatic carbocycles. The maximum atomic E-state index is 12.3. The molecule has 4 heteroatoms. The van der Waals surface area contributed by atoms with Crippen LogP contribution < -0.4 is 5.32 Å². The zero-order valence-corrected chi connectivity index (χ0v) is 6.81. The molecule has 1 amide bonds. The molecule has 1 saturated carbocycles. The maximum absolute atomic E-state index is 12.3. The summed E-state index contributed by atoms with van der Waals surface area (Å²) in [6.07, 6.45) is 1.18. The number of carbonyl (C=O) groups is 1. The highest BCUT2D eigenvalue weighted by molar-refractivity contribution is 5.83. The van der Waals surface area contributed by atoms with E-state index in [-0.39, 0.29) is 12.5 Å². The average Bonchev–Trinajstić information content (AvgIpc) is 2.59. The molecule has 68 valence electrons. The molecule has 0 heterocycles. The fourth-order valence-electron chi connectivity index (χ4n) is 0.882. The second-order valence-corrected chi connectivity index (χ2v) is 3.05. The summed E-state index contributed by atoms with van der Waals surface area (Å²) >= 11 is 0. The normalized spacial score (nSPS) is 27.4. The molecule has 2 nitrogen and oxygen atoms in total. The molecule has 2 atom stereocenters. The van der Waals surface area contributed by atoms with E-state index in [4.69, 9.17) is 0 Å². The summed E-state index contributed by atoms with van der Waals surface area (Å²) in [6.45, 7) is 5.11. The molecule has 1 fully saturated rings. The Morgan fingerprint density at radius 2 is 2.33 bits per heavy atom. The van der Waals surface area contributed by atoms with Crippen LogP contribution in [0, 0.1) is 5.92 Å². The molecule has 0 spiro atoms. The Morgan fingerprint density at radius 1 is 1.83 bits per heavy atom. The van der Waals surface area contributed by atoms with Crippen LogP contribution in [0.4, 0.5) is 8.78 Å². The molecular weight excluding hydrogens is 164 g/mol. The van der Waals surface area contributed by atoms with Crippen molar-refractivity contribution in [2.75, 3.05) is 0 Å². The summed E-state index contributed by atoms with van der Waals surface area (Å²) in [5, 5.41) is 2.41. The van der Waals surface area contributed by atoms with E-state index in [9.17, 15) is 13.6 Å². The number of carbonyl (C=O) groups excluding carboxylic acids is 1. The monoisotopic (exact) mass is 175 g/mol. The Balaban J connectivity index is 2.36. The first kappa shape index (κ1) is 9.16. The van der Waals surface area contributed by atoms with Gasteiger partial charge >= 0.3 is 0 Å². The van der Waals surface area contributed by atoms with E-state index in [1.807, 2.05) is 0 Å². The van der Waals surface area contributed by atoms with Crippen molar-refractivity contribution >= 4 is 5.91 Å². The van der Waals surface area contributed by atoms with Crippen LogP contribution in [0.1, 0.15) is 13.3 Å². The minimum atomic E-state index is -2.77. The van der Waals surface area contributed by atoms with Gasteiger partial charge in [-0.05, 0) is 6.92 Å². The van der Waals surface area contributed by atoms with E-state index in [2.05, 4.69) is 11.9 Å². The van der Waals surface area contributed by atoms with Crippen LogP contribution in [0.15, 0.2) is 12.7 Å². The van der Waals surface area contributed by atoms with E-state index in [1.54, 1.807) is 6.92 Å². The highest BCUT2D eigenvalue weighted by atomic mass is 19.3. The zero-order chi connectivity index (χ0) is 9.35. The summed E-state index contributed by atoms with van der Waals surface area (Å²) in [6, 6.07) is -0.242. The lowest BCUT2D eigenvalue weighted by Crippen LogP contribution is -2.33. The Bertz CT molecular complexity index is 215. The van der Waals surface area contributed by atoms with Crippen molar-refractivity contribution in [2.24, 2.45) is 5.92 Å². The molecule has 0 bridgehead atoms. The highest BCUT2D eigenvalue weighted by Gasteiger charge is 2.61. The number of alkyl halides is 2. The van der Waals surface area contributed by atoms with Gasteiger partial charge in [0.15, 0.2) is 0 Å². The second-order valence-electron chi connectivity index (χ2n) is 3.05. The van der Waals surface area contributed by atoms with Crippen LogP contribution in [0.5, 0.6) is 0 Å². The van der Waals surface area contributed by atoms with Crippen LogP contribution in [0.2, 0.25) is 0 Å². The van der Waals surface area contributed by atoms with E-state index in [1.165, 1.54) is 6.08 Å². The molecule has 0 radical (unpaired) electrons. The van der Waals surface area contributed by atoms with Crippen LogP contribution >= 0.6 is 0 Å². The standard InChI is InChI=1S/C8H11F2NO/c1-3-5(2)11-7(12)6-4-8(6,9)10/h3,5-6H,1,4H2,2H3,(H,11,12)/t5-,6+/m1/s1. The predicted octanol–water partition coefficient (Wildman–Crippen LogP) is 1.33. The third-order valence-corrected chi connectivity index (χ3v) is 1.87. The smallest absolute Gasteiger partial charge is 0.260 e. The van der Waals surface area contributed by atoms with Gasteiger partial charge in [0.2, 0.25) is 5.91 Å². The van der Waals surface area contributed by atoms with Crippen molar-refractivity contribution in [2.45, 2.75) is 25.3 Å². The summed E-state index contributed by atoms with van der Waals surface area (Å²) in [5.41, 5.74) is 0. The van der Waals surface area contributed by atoms with Crippen molar-refractivity contribution in [1.29, 1.82) is 0 Å². The quantitative estimate of drug-likeness (QED) is 0.644. The molecule has 0 aromatic carbocycles. The summed E-state index contributed by atoms with van der Waals surface area (Å²) in [7, 11) is 0. The first-order valence-corrected chi connectivity index (χ1v) is 3.78. The first-order chi connectivity index (χ1) is 5.47. The summed E-state index contributed by atoms with van der Waals surface area (Å²) in [4.78, 5) is 11.0. The fraction of sp³-hybridized carbons (Fsp3) is 0.625. The van der Waals surface area contributed by atoms with E-state index >= 15 is 0 Å². The zero-order valence-electron chi connectivity index (χ0n) is 6.81. The van der Waals surface area contributed by atoms with E-state index in [0.717, 1.165) is 0 Å². The van der Waals surface area contributed by atoms with E-state index in [0.29, 0.717) is 0 Å². The summed E-state index contributed by atoms with van der Waals surface area (Å²) < 4.78 is 24.6. The Kier molecular flexibility index (Phi) is 2.17. The maximum Gasteiger partial charge on any atom is 0.260 e. The Hall–Kier alpha value is -0.930. The minimum absolute atomic E-state index is 0.242. The average molecular weight is 175 g/mol. The van der Waals surface area contributed by atoms with Gasteiger partial charge in [-0.15, -0.1) is 6.58 Å². The van der Waals surface area contributed by atoms with Gasteiger partial charge in [0, 0.05) is 12.5 Å². The number of hydrogen-bond acceptors (Lipinski definition) is 1. The SMILES string of the molecule is C=C[C@@H](C)NC(=O)[C@@H]1CC1(F)F. The van der Waals surface area contributed by atoms with Crippen molar-refractivity contribution in [3.05, 3.63) is 12.7 Å². The van der Waals surface area contributed by atoms with E-state index < -0.39 is 17.7 Å². The molecule has 0 aromatic heterocycles. The summed E-state index contributed by atoms with van der Waals surface area (Å²) in [5.74, 6) is -4.46. The molecule has 12 heavy (non-hydrogen) atoms. The lowest BCUT2D eigenvalue weighted by atomic mass is 10.3. The lowest BCUT2D eigenvalue weighted by molar-refractivity contribution is -0.124. The van der Waals surface area contributed by atoms with Crippen LogP contribution in [-0.4, -0.2) is 17.9 Å². The molecule has 0 aliphatic heterocycles. The molecule has 1 rings (SSSR count). The Morgan fingerprint density at radius 3 is 2.67 bits per heavy atom. The number of nitrogens with one attached hydrogen (secondary N) is 1. The molecule has 1 N–H and O–H groups in total. The van der Waals surface area contributed by atoms with Crippen LogP contribution in [0.25, 0.3) is 0 Å². The molecular formula is C8H11F2NO. The van der Waals surface area contributed by atoms with Gasteiger partial charge in [-0.2, -0.15) is 0 Å². The van der Waals surface area contributed by atoms with Gasteiger partial charge < -0.3 is 5.32 Å². The molecule has 0 aromatic rings. The van der Waals surface area contributed by atoms with Gasteiger partial charge in [0.1, 0.15) is 5.92 Å². The third-order valence-electron chi connectivity index (χ3n) is 1.87. The van der Waals surface area contributed by atoms with Gasteiger partial charge in [0.25, 0.3) is 5.92 Å². The van der Waals surface area contributed by atoms with Crippen molar-refractivity contribution < 1.29 is 13.6 Å². The predicted molar refractivity (Wildman–Crippen MR) is 40.9 cm³/mol. The lowest BCUT2D eigenvalue weighted by Gasteiger charge is -2.07. The molecule has 0 unspecified atom stereocenters. The Labute approximate surface area is 69.6 Å². The van der Waals surface area contributed by atoms with Crippen molar-refractivity contribution in [3.8, 4) is 0 Å². The van der Waals surface area contributed by atoms with Gasteiger partial charge in [-0.1, -0.05) is 6.08 Å². The van der Waals surface area contributed by atoms with Crippen molar-refractivity contribution in [3.63, 3.8) is 0 Å². The van der Waals surface area contributed by atoms with Crippen LogP contribution in [0.3, 0.4) is 0 Å². The van der Waals surface area contributed by atoms with Gasteiger partial charge in [-0.3, -0.25) is 4.79 Å². The van der Waals surface area contributed by atoms with Gasteiger partial charge in [-0.25, -0.2) is 8.78 Å². The number of hydrogen-bond donors (Lipinski definition) is 1. The largest absolute Gasteiger partial charge is 0.350 e. The highest BCUT2D eigenvalue weighted by Crippen LogP contribution is 2.48.